The quantitative estimate of drug-likeness (QED) is 0.853. The van der Waals surface area contributed by atoms with Gasteiger partial charge in [-0.2, -0.15) is 0 Å². The Labute approximate surface area is 125 Å². The number of nitrogens with zero attached hydrogens (tertiary/aromatic N) is 2. The Hall–Kier alpha value is -2.04. The Balaban J connectivity index is 2.34. The maximum atomic E-state index is 12.0. The fourth-order valence-electron chi connectivity index (χ4n) is 1.60. The van der Waals surface area contributed by atoms with Crippen molar-refractivity contribution in [3.05, 3.63) is 28.8 Å². The topological polar surface area (TPSA) is 124 Å². The van der Waals surface area contributed by atoms with E-state index in [9.17, 15) is 13.2 Å². The highest BCUT2D eigenvalue weighted by molar-refractivity contribution is 7.89. The van der Waals surface area contributed by atoms with Crippen LogP contribution in [0.25, 0.3) is 0 Å². The lowest BCUT2D eigenvalue weighted by atomic mass is 10.3. The van der Waals surface area contributed by atoms with Gasteiger partial charge in [-0.15, -0.1) is 5.10 Å². The van der Waals surface area contributed by atoms with Gasteiger partial charge in [-0.1, -0.05) is 4.49 Å². The first kappa shape index (κ1) is 15.4. The molecule has 0 unspecified atom stereocenters. The molecule has 3 N–H and O–H groups in total. The lowest BCUT2D eigenvalue weighted by Gasteiger charge is -2.09. The van der Waals surface area contributed by atoms with Crippen LogP contribution in [-0.2, 0) is 10.0 Å². The van der Waals surface area contributed by atoms with Crippen molar-refractivity contribution in [2.24, 2.45) is 5.14 Å². The summed E-state index contributed by atoms with van der Waals surface area (Å²) in [5.74, 6) is -0.320. The van der Waals surface area contributed by atoms with Gasteiger partial charge in [0.25, 0.3) is 5.91 Å². The van der Waals surface area contributed by atoms with Crippen LogP contribution < -0.4 is 15.2 Å². The van der Waals surface area contributed by atoms with Crippen molar-refractivity contribution in [3.63, 3.8) is 0 Å². The number of nitrogens with one attached hydrogen (secondary N) is 1. The first-order chi connectivity index (χ1) is 9.82. The highest BCUT2D eigenvalue weighted by Gasteiger charge is 2.18. The Bertz CT molecular complexity index is 785. The number of carbonyl (C=O) groups excluding carboxylic acids is 1. The first-order valence-electron chi connectivity index (χ1n) is 5.64. The number of aryl methyl sites for hydroxylation is 1. The van der Waals surface area contributed by atoms with Crippen LogP contribution in [-0.4, -0.2) is 31.0 Å². The van der Waals surface area contributed by atoms with Crippen molar-refractivity contribution in [1.82, 2.24) is 9.59 Å². The van der Waals surface area contributed by atoms with Crippen LogP contribution in [0.3, 0.4) is 0 Å². The standard InChI is InChI=1S/C11H12N4O4S2/c1-6-10(20-15-14-6)11(16)13-7-3-4-8(19-2)9(5-7)21(12,17)18/h3-5H,1-2H3,(H,13,16)(H2,12,17,18). The zero-order valence-electron chi connectivity index (χ0n) is 11.2. The van der Waals surface area contributed by atoms with Crippen molar-refractivity contribution >= 4 is 33.2 Å². The van der Waals surface area contributed by atoms with E-state index in [0.29, 0.717) is 10.6 Å². The molecule has 112 valence electrons. The third kappa shape index (κ3) is 3.35. The molecule has 1 aromatic heterocycles. The maximum Gasteiger partial charge on any atom is 0.269 e. The van der Waals surface area contributed by atoms with E-state index in [0.717, 1.165) is 11.5 Å². The smallest absolute Gasteiger partial charge is 0.269 e. The van der Waals surface area contributed by atoms with Gasteiger partial charge in [0.2, 0.25) is 10.0 Å². The molecule has 0 aliphatic rings. The molecule has 0 atom stereocenters. The van der Waals surface area contributed by atoms with Crippen molar-refractivity contribution in [2.75, 3.05) is 12.4 Å². The number of sulfonamides is 1. The lowest BCUT2D eigenvalue weighted by molar-refractivity contribution is 0.102. The number of anilines is 1. The molecule has 10 heteroatoms. The van der Waals surface area contributed by atoms with E-state index in [1.54, 1.807) is 6.92 Å². The van der Waals surface area contributed by atoms with E-state index < -0.39 is 15.9 Å². The Morgan fingerprint density at radius 2 is 2.14 bits per heavy atom. The van der Waals surface area contributed by atoms with Crippen LogP contribution >= 0.6 is 11.5 Å². The normalized spacial score (nSPS) is 11.2. The van der Waals surface area contributed by atoms with Gasteiger partial charge in [0.15, 0.2) is 0 Å². The Kier molecular flexibility index (Phi) is 4.21. The summed E-state index contributed by atoms with van der Waals surface area (Å²) >= 11 is 0.954. The largest absolute Gasteiger partial charge is 0.495 e. The first-order valence-corrected chi connectivity index (χ1v) is 7.96. The predicted octanol–water partition coefficient (Wildman–Crippen LogP) is 0.755. The average Bonchev–Trinajstić information content (AvgIpc) is 2.84. The van der Waals surface area contributed by atoms with Crippen LogP contribution in [0.5, 0.6) is 5.75 Å². The van der Waals surface area contributed by atoms with E-state index >= 15 is 0 Å². The van der Waals surface area contributed by atoms with Gasteiger partial charge < -0.3 is 10.1 Å². The summed E-state index contributed by atoms with van der Waals surface area (Å²) in [5, 5.41) is 11.4. The number of amides is 1. The average molecular weight is 328 g/mol. The molecule has 0 aliphatic carbocycles. The number of benzene rings is 1. The minimum Gasteiger partial charge on any atom is -0.495 e. The second-order valence-electron chi connectivity index (χ2n) is 4.05. The number of hydrogen-bond acceptors (Lipinski definition) is 7. The summed E-state index contributed by atoms with van der Waals surface area (Å²) in [6.07, 6.45) is 0. The molecule has 0 fully saturated rings. The van der Waals surface area contributed by atoms with Crippen LogP contribution in [0, 0.1) is 6.92 Å². The van der Waals surface area contributed by atoms with Gasteiger partial charge in [-0.3, -0.25) is 4.79 Å². The summed E-state index contributed by atoms with van der Waals surface area (Å²) in [5.41, 5.74) is 0.773. The monoisotopic (exact) mass is 328 g/mol. The summed E-state index contributed by atoms with van der Waals surface area (Å²) in [7, 11) is -2.64. The van der Waals surface area contributed by atoms with Crippen molar-refractivity contribution in [3.8, 4) is 5.75 Å². The van der Waals surface area contributed by atoms with Gasteiger partial charge in [0.05, 0.1) is 12.8 Å². The van der Waals surface area contributed by atoms with Gasteiger partial charge in [0.1, 0.15) is 15.5 Å². The van der Waals surface area contributed by atoms with E-state index in [1.807, 2.05) is 0 Å². The summed E-state index contributed by atoms with van der Waals surface area (Å²) in [6.45, 7) is 1.65. The predicted molar refractivity (Wildman–Crippen MR) is 77.0 cm³/mol. The number of ether oxygens (including phenoxy) is 1. The molecular formula is C11H12N4O4S2. The minimum atomic E-state index is -3.96. The van der Waals surface area contributed by atoms with Gasteiger partial charge in [-0.05, 0) is 36.7 Å². The second kappa shape index (κ2) is 5.76. The molecule has 0 saturated heterocycles. The number of rotatable bonds is 4. The molecular weight excluding hydrogens is 316 g/mol. The molecule has 0 aliphatic heterocycles. The third-order valence-electron chi connectivity index (χ3n) is 2.59. The number of primary sulfonamides is 1. The van der Waals surface area contributed by atoms with Crippen molar-refractivity contribution in [2.45, 2.75) is 11.8 Å². The van der Waals surface area contributed by atoms with Crippen LogP contribution in [0.15, 0.2) is 23.1 Å². The number of aromatic nitrogens is 2. The van der Waals surface area contributed by atoms with Crippen LogP contribution in [0.4, 0.5) is 5.69 Å². The zero-order valence-corrected chi connectivity index (χ0v) is 12.8. The van der Waals surface area contributed by atoms with E-state index in [1.165, 1.54) is 25.3 Å². The fraction of sp³-hybridized carbons (Fsp3) is 0.182. The Morgan fingerprint density at radius 1 is 1.43 bits per heavy atom. The van der Waals surface area contributed by atoms with Gasteiger partial charge >= 0.3 is 0 Å². The highest BCUT2D eigenvalue weighted by Crippen LogP contribution is 2.26. The fourth-order valence-corrected chi connectivity index (χ4v) is 2.88. The number of hydrogen-bond donors (Lipinski definition) is 2. The van der Waals surface area contributed by atoms with E-state index in [2.05, 4.69) is 14.9 Å². The van der Waals surface area contributed by atoms with E-state index in [-0.39, 0.29) is 16.3 Å². The molecule has 1 amide bonds. The highest BCUT2D eigenvalue weighted by atomic mass is 32.2. The number of methoxy groups -OCH3 is 1. The molecule has 0 radical (unpaired) electrons. The molecule has 1 aromatic carbocycles. The maximum absolute atomic E-state index is 12.0. The molecule has 2 aromatic rings. The molecule has 0 bridgehead atoms. The summed E-state index contributed by atoms with van der Waals surface area (Å²) < 4.78 is 31.6. The third-order valence-corrected chi connectivity index (χ3v) is 4.34. The lowest BCUT2D eigenvalue weighted by Crippen LogP contribution is -2.15. The molecule has 8 nitrogen and oxygen atoms in total. The van der Waals surface area contributed by atoms with Gasteiger partial charge in [-0.25, -0.2) is 13.6 Å². The molecule has 0 spiro atoms. The van der Waals surface area contributed by atoms with E-state index in [4.69, 9.17) is 9.88 Å². The van der Waals surface area contributed by atoms with Crippen LogP contribution in [0.2, 0.25) is 0 Å². The van der Waals surface area contributed by atoms with Crippen LogP contribution in [0.1, 0.15) is 15.4 Å². The second-order valence-corrected chi connectivity index (χ2v) is 6.34. The minimum absolute atomic E-state index is 0.103. The number of nitrogens with two attached hydrogens (primary N) is 1. The SMILES string of the molecule is COc1ccc(NC(=O)c2snnc2C)cc1S(N)(=O)=O. The molecule has 1 heterocycles. The van der Waals surface area contributed by atoms with Crippen molar-refractivity contribution < 1.29 is 17.9 Å². The van der Waals surface area contributed by atoms with Crippen molar-refractivity contribution in [1.29, 1.82) is 0 Å². The molecule has 2 rings (SSSR count). The number of carbonyl (C=O) groups is 1. The summed E-state index contributed by atoms with van der Waals surface area (Å²) in [6, 6.07) is 4.15. The molecule has 0 saturated carbocycles. The van der Waals surface area contributed by atoms with Gasteiger partial charge in [0, 0.05) is 5.69 Å². The Morgan fingerprint density at radius 3 is 2.67 bits per heavy atom. The zero-order chi connectivity index (χ0) is 15.6. The summed E-state index contributed by atoms with van der Waals surface area (Å²) in [4.78, 5) is 12.2. The molecule has 21 heavy (non-hydrogen) atoms.